The van der Waals surface area contributed by atoms with Gasteiger partial charge in [-0.05, 0) is 30.0 Å². The molecule has 0 fully saturated rings. The van der Waals surface area contributed by atoms with E-state index in [0.29, 0.717) is 6.54 Å². The van der Waals surface area contributed by atoms with E-state index in [9.17, 15) is 0 Å². The zero-order valence-corrected chi connectivity index (χ0v) is 16.2. The number of benzene rings is 2. The number of aliphatic imine (C=N–C) groups is 1. The third-order valence-electron chi connectivity index (χ3n) is 3.91. The number of hydrogen-bond acceptors (Lipinski definition) is 1. The van der Waals surface area contributed by atoms with Gasteiger partial charge in [0, 0.05) is 18.3 Å². The molecule has 3 N–H and O–H groups in total. The normalized spacial score (nSPS) is 12.5. The molecule has 0 aliphatic rings. The Morgan fingerprint density at radius 3 is 2.50 bits per heavy atom. The van der Waals surface area contributed by atoms with E-state index in [4.69, 9.17) is 0 Å². The van der Waals surface area contributed by atoms with Crippen molar-refractivity contribution in [1.82, 2.24) is 15.6 Å². The van der Waals surface area contributed by atoms with Gasteiger partial charge in [0.1, 0.15) is 0 Å². The van der Waals surface area contributed by atoms with Crippen LogP contribution in [-0.2, 0) is 6.54 Å². The summed E-state index contributed by atoms with van der Waals surface area (Å²) in [7, 11) is 1.79. The number of halogens is 1. The van der Waals surface area contributed by atoms with Crippen molar-refractivity contribution in [3.05, 3.63) is 71.9 Å². The third kappa shape index (κ3) is 4.50. The highest BCUT2D eigenvalue weighted by atomic mass is 127. The number of fused-ring (bicyclic) bond motifs is 1. The maximum atomic E-state index is 4.30. The Morgan fingerprint density at radius 1 is 1.08 bits per heavy atom. The van der Waals surface area contributed by atoms with Crippen molar-refractivity contribution in [3.63, 3.8) is 0 Å². The van der Waals surface area contributed by atoms with Crippen LogP contribution in [0, 0.1) is 0 Å². The number of para-hydroxylation sites is 1. The van der Waals surface area contributed by atoms with Gasteiger partial charge in [-0.15, -0.1) is 24.0 Å². The summed E-state index contributed by atoms with van der Waals surface area (Å²) in [5.41, 5.74) is 3.53. The largest absolute Gasteiger partial charge is 0.357 e. The Morgan fingerprint density at radius 2 is 1.79 bits per heavy atom. The van der Waals surface area contributed by atoms with E-state index in [0.717, 1.165) is 17.2 Å². The van der Waals surface area contributed by atoms with Crippen LogP contribution in [-0.4, -0.2) is 18.0 Å². The van der Waals surface area contributed by atoms with Crippen molar-refractivity contribution in [2.24, 2.45) is 4.99 Å². The third-order valence-corrected chi connectivity index (χ3v) is 3.91. The molecule has 5 heteroatoms. The first-order valence-corrected chi connectivity index (χ1v) is 7.85. The van der Waals surface area contributed by atoms with Crippen molar-refractivity contribution < 1.29 is 0 Å². The van der Waals surface area contributed by atoms with Crippen molar-refractivity contribution in [1.29, 1.82) is 0 Å². The molecule has 1 atom stereocenters. The van der Waals surface area contributed by atoms with Crippen LogP contribution in [0.4, 0.5) is 0 Å². The molecule has 3 rings (SSSR count). The molecule has 3 aromatic rings. The molecule has 0 saturated carbocycles. The molecule has 0 bridgehead atoms. The molecular formula is C19H23IN4. The van der Waals surface area contributed by atoms with Gasteiger partial charge in [0.05, 0.1) is 12.6 Å². The van der Waals surface area contributed by atoms with E-state index in [2.05, 4.69) is 63.9 Å². The zero-order chi connectivity index (χ0) is 16.1. The van der Waals surface area contributed by atoms with Gasteiger partial charge in [0.15, 0.2) is 5.96 Å². The average molecular weight is 434 g/mol. The lowest BCUT2D eigenvalue weighted by Gasteiger charge is -2.18. The topological polar surface area (TPSA) is 52.2 Å². The van der Waals surface area contributed by atoms with Crippen LogP contribution in [0.3, 0.4) is 0 Å². The summed E-state index contributed by atoms with van der Waals surface area (Å²) in [6, 6.07) is 21.0. The summed E-state index contributed by atoms with van der Waals surface area (Å²) in [5, 5.41) is 7.99. The number of aromatic amines is 1. The van der Waals surface area contributed by atoms with Gasteiger partial charge in [0.25, 0.3) is 0 Å². The summed E-state index contributed by atoms with van der Waals surface area (Å²) in [5.74, 6) is 0.792. The van der Waals surface area contributed by atoms with Gasteiger partial charge >= 0.3 is 0 Å². The van der Waals surface area contributed by atoms with Crippen LogP contribution in [0.15, 0.2) is 65.7 Å². The van der Waals surface area contributed by atoms with Gasteiger partial charge < -0.3 is 15.6 Å². The molecule has 0 radical (unpaired) electrons. The minimum absolute atomic E-state index is 0. The van der Waals surface area contributed by atoms with E-state index in [-0.39, 0.29) is 30.0 Å². The second kappa shape index (κ2) is 8.73. The molecule has 0 saturated heterocycles. The molecule has 24 heavy (non-hydrogen) atoms. The Hall–Kier alpha value is -2.02. The van der Waals surface area contributed by atoms with Crippen LogP contribution >= 0.6 is 24.0 Å². The molecule has 2 aromatic carbocycles. The highest BCUT2D eigenvalue weighted by Crippen LogP contribution is 2.14. The fraction of sp³-hybridized carbons (Fsp3) is 0.211. The number of aromatic nitrogens is 1. The van der Waals surface area contributed by atoms with Crippen molar-refractivity contribution >= 4 is 40.8 Å². The number of nitrogens with zero attached hydrogens (tertiary/aromatic N) is 1. The molecule has 0 aliphatic carbocycles. The molecule has 0 amide bonds. The van der Waals surface area contributed by atoms with Crippen LogP contribution in [0.25, 0.3) is 10.9 Å². The summed E-state index contributed by atoms with van der Waals surface area (Å²) in [4.78, 5) is 7.72. The summed E-state index contributed by atoms with van der Waals surface area (Å²) >= 11 is 0. The smallest absolute Gasteiger partial charge is 0.191 e. The Kier molecular flexibility index (Phi) is 6.66. The maximum Gasteiger partial charge on any atom is 0.191 e. The van der Waals surface area contributed by atoms with E-state index in [1.165, 1.54) is 10.9 Å². The summed E-state index contributed by atoms with van der Waals surface area (Å²) in [6.45, 7) is 2.83. The van der Waals surface area contributed by atoms with Crippen LogP contribution in [0.5, 0.6) is 0 Å². The Bertz CT molecular complexity index is 762. The Labute approximate surface area is 159 Å². The zero-order valence-electron chi connectivity index (χ0n) is 13.9. The highest BCUT2D eigenvalue weighted by Gasteiger charge is 2.07. The number of hydrogen-bond donors (Lipinski definition) is 3. The van der Waals surface area contributed by atoms with Gasteiger partial charge in [-0.3, -0.25) is 4.99 Å². The lowest BCUT2D eigenvalue weighted by atomic mass is 10.1. The second-order valence-corrected chi connectivity index (χ2v) is 5.58. The average Bonchev–Trinajstić information content (AvgIpc) is 3.02. The highest BCUT2D eigenvalue weighted by molar-refractivity contribution is 14.0. The maximum absolute atomic E-state index is 4.30. The molecule has 1 aromatic heterocycles. The molecular weight excluding hydrogens is 411 g/mol. The number of guanidine groups is 1. The molecule has 1 heterocycles. The number of nitrogens with one attached hydrogen (secondary N) is 3. The van der Waals surface area contributed by atoms with Gasteiger partial charge in [0.2, 0.25) is 0 Å². The van der Waals surface area contributed by atoms with E-state index >= 15 is 0 Å². The van der Waals surface area contributed by atoms with Crippen molar-refractivity contribution in [3.8, 4) is 0 Å². The molecule has 126 valence electrons. The monoisotopic (exact) mass is 434 g/mol. The van der Waals surface area contributed by atoms with E-state index in [1.807, 2.05) is 24.3 Å². The lowest BCUT2D eigenvalue weighted by molar-refractivity contribution is 0.683. The summed E-state index contributed by atoms with van der Waals surface area (Å²) < 4.78 is 0. The first kappa shape index (κ1) is 18.3. The predicted octanol–water partition coefficient (Wildman–Crippen LogP) is 4.21. The minimum Gasteiger partial charge on any atom is -0.357 e. The molecule has 0 aliphatic heterocycles. The van der Waals surface area contributed by atoms with Crippen LogP contribution in [0.2, 0.25) is 0 Å². The van der Waals surface area contributed by atoms with Crippen LogP contribution in [0.1, 0.15) is 24.2 Å². The lowest BCUT2D eigenvalue weighted by Crippen LogP contribution is -2.38. The van der Waals surface area contributed by atoms with Crippen molar-refractivity contribution in [2.45, 2.75) is 19.5 Å². The Balaban J connectivity index is 0.00000208. The first-order valence-electron chi connectivity index (χ1n) is 7.85. The predicted molar refractivity (Wildman–Crippen MR) is 112 cm³/mol. The first-order chi connectivity index (χ1) is 11.3. The van der Waals surface area contributed by atoms with Gasteiger partial charge in [-0.25, -0.2) is 0 Å². The fourth-order valence-electron chi connectivity index (χ4n) is 2.63. The standard InChI is InChI=1S/C19H22N4.HI/c1-14(15-8-4-3-5-9-15)22-19(20-2)21-13-17-12-16-10-6-7-11-18(16)23-17;/h3-12,14,23H,13H2,1-2H3,(H2,20,21,22);1H. The number of rotatable bonds is 4. The molecule has 0 spiro atoms. The fourth-order valence-corrected chi connectivity index (χ4v) is 2.63. The number of H-pyrrole nitrogens is 1. The van der Waals surface area contributed by atoms with Crippen LogP contribution < -0.4 is 10.6 Å². The van der Waals surface area contributed by atoms with E-state index in [1.54, 1.807) is 7.05 Å². The van der Waals surface area contributed by atoms with E-state index < -0.39 is 0 Å². The second-order valence-electron chi connectivity index (χ2n) is 5.58. The summed E-state index contributed by atoms with van der Waals surface area (Å²) in [6.07, 6.45) is 0. The molecule has 1 unspecified atom stereocenters. The van der Waals surface area contributed by atoms with Crippen molar-refractivity contribution in [2.75, 3.05) is 7.05 Å². The SMILES string of the molecule is CN=C(NCc1cc2ccccc2[nH]1)NC(C)c1ccccc1.I. The minimum atomic E-state index is 0. The van der Waals surface area contributed by atoms with Gasteiger partial charge in [-0.2, -0.15) is 0 Å². The molecule has 4 nitrogen and oxygen atoms in total. The van der Waals surface area contributed by atoms with Gasteiger partial charge in [-0.1, -0.05) is 48.5 Å². The quantitative estimate of drug-likeness (QED) is 0.327.